The van der Waals surface area contributed by atoms with Crippen molar-refractivity contribution in [3.8, 4) is 5.75 Å². The maximum Gasteiger partial charge on any atom is 0.123 e. The molecular weight excluding hydrogens is 487 g/mol. The van der Waals surface area contributed by atoms with Gasteiger partial charge in [-0.15, -0.1) is 0 Å². The van der Waals surface area contributed by atoms with E-state index >= 15 is 0 Å². The molecule has 1 N–H and O–H groups in total. The first-order valence-corrected chi connectivity index (χ1v) is 13.0. The second-order valence-electron chi connectivity index (χ2n) is 10.8. The van der Waals surface area contributed by atoms with Gasteiger partial charge in [-0.05, 0) is 33.2 Å². The topological polar surface area (TPSA) is 20.2 Å². The van der Waals surface area contributed by atoms with Gasteiger partial charge in [0, 0.05) is 74.3 Å². The number of hydrogen-bond acceptors (Lipinski definition) is 1. The number of hydrogen-bond donors (Lipinski definition) is 1. The van der Waals surface area contributed by atoms with Crippen molar-refractivity contribution in [2.24, 2.45) is 0 Å². The van der Waals surface area contributed by atoms with E-state index < -0.39 is 0 Å². The summed E-state index contributed by atoms with van der Waals surface area (Å²) < 4.78 is 0. The van der Waals surface area contributed by atoms with E-state index in [1.165, 1.54) is 5.56 Å². The van der Waals surface area contributed by atoms with Crippen LogP contribution < -0.4 is 0 Å². The van der Waals surface area contributed by atoms with Crippen LogP contribution in [-0.2, 0) is 5.41 Å². The summed E-state index contributed by atoms with van der Waals surface area (Å²) in [6.07, 6.45) is 0. The van der Waals surface area contributed by atoms with Crippen molar-refractivity contribution >= 4 is 51.4 Å². The SMILES string of the molecule is CC(C)(C)c1cc(C(c2ccccc2)c2ccccc2)c(O)c(C(c2ccccc2)c2ccccc2)c1.[K]. The molecule has 5 aromatic rings. The molecule has 1 nitrogen and oxygen atoms in total. The molecule has 5 aromatic carbocycles. The standard InChI is InChI=1S/C36H34O.K/c1-36(2,3)30-24-31(33(26-16-8-4-9-17-26)27-18-10-5-11-19-27)35(37)32(25-30)34(28-20-12-6-13-21-28)29-22-14-7-15-23-29;/h4-25,33-34,37H,1-3H3;. The van der Waals surface area contributed by atoms with Gasteiger partial charge in [0.2, 0.25) is 0 Å². The molecule has 0 aliphatic rings. The fourth-order valence-electron chi connectivity index (χ4n) is 5.24. The van der Waals surface area contributed by atoms with Gasteiger partial charge in [-0.3, -0.25) is 0 Å². The Bertz CT molecular complexity index is 1260. The molecule has 0 aromatic heterocycles. The molecule has 5 rings (SSSR count). The molecule has 0 spiro atoms. The van der Waals surface area contributed by atoms with Gasteiger partial charge in [0.05, 0.1) is 0 Å². The summed E-state index contributed by atoms with van der Waals surface area (Å²) in [5.74, 6) is 0.190. The summed E-state index contributed by atoms with van der Waals surface area (Å²) >= 11 is 0. The first kappa shape index (κ1) is 28.5. The molecule has 2 heteroatoms. The number of phenolic OH excluding ortho intramolecular Hbond substituents is 1. The van der Waals surface area contributed by atoms with Crippen LogP contribution in [-0.4, -0.2) is 56.5 Å². The minimum Gasteiger partial charge on any atom is -0.507 e. The number of aromatic hydroxyl groups is 1. The molecule has 0 saturated heterocycles. The zero-order valence-electron chi connectivity index (χ0n) is 22.8. The predicted octanol–water partition coefficient (Wildman–Crippen LogP) is 8.67. The smallest absolute Gasteiger partial charge is 0.123 e. The summed E-state index contributed by atoms with van der Waals surface area (Å²) in [6.45, 7) is 6.73. The van der Waals surface area contributed by atoms with E-state index in [2.05, 4.69) is 130 Å². The molecule has 0 fully saturated rings. The Morgan fingerprint density at radius 2 is 0.737 bits per heavy atom. The number of benzene rings is 5. The van der Waals surface area contributed by atoms with Crippen molar-refractivity contribution in [1.82, 2.24) is 0 Å². The molecule has 185 valence electrons. The van der Waals surface area contributed by atoms with Crippen molar-refractivity contribution in [1.29, 1.82) is 0 Å². The van der Waals surface area contributed by atoms with E-state index in [1.807, 2.05) is 24.3 Å². The normalized spacial score (nSPS) is 11.4. The number of rotatable bonds is 6. The third kappa shape index (κ3) is 6.22. The average Bonchev–Trinajstić information content (AvgIpc) is 2.92. The Morgan fingerprint density at radius 1 is 0.474 bits per heavy atom. The van der Waals surface area contributed by atoms with Gasteiger partial charge in [-0.2, -0.15) is 0 Å². The van der Waals surface area contributed by atoms with Gasteiger partial charge >= 0.3 is 0 Å². The van der Waals surface area contributed by atoms with Gasteiger partial charge in [0.25, 0.3) is 0 Å². The Hall–Kier alpha value is -2.46. The zero-order chi connectivity index (χ0) is 25.8. The fraction of sp³-hybridized carbons (Fsp3) is 0.167. The Balaban J connectivity index is 0.00000336. The van der Waals surface area contributed by atoms with Crippen LogP contribution in [0.4, 0.5) is 0 Å². The molecule has 0 amide bonds. The van der Waals surface area contributed by atoms with Crippen molar-refractivity contribution in [2.45, 2.75) is 38.0 Å². The van der Waals surface area contributed by atoms with E-state index in [0.717, 1.165) is 33.4 Å². The van der Waals surface area contributed by atoms with Crippen LogP contribution in [0.15, 0.2) is 133 Å². The minimum absolute atomic E-state index is 0. The van der Waals surface area contributed by atoms with Crippen LogP contribution in [0.5, 0.6) is 5.75 Å². The van der Waals surface area contributed by atoms with Crippen LogP contribution in [0, 0.1) is 0 Å². The molecule has 1 radical (unpaired) electrons. The van der Waals surface area contributed by atoms with E-state index in [0.29, 0.717) is 5.75 Å². The number of phenols is 1. The monoisotopic (exact) mass is 521 g/mol. The van der Waals surface area contributed by atoms with Gasteiger partial charge in [-0.1, -0.05) is 154 Å². The summed E-state index contributed by atoms with van der Waals surface area (Å²) in [5, 5.41) is 12.2. The molecular formula is C36H34KO. The maximum atomic E-state index is 12.2. The second kappa shape index (κ2) is 12.6. The minimum atomic E-state index is -0.0902. The molecule has 0 heterocycles. The van der Waals surface area contributed by atoms with Crippen molar-refractivity contribution in [2.75, 3.05) is 0 Å². The van der Waals surface area contributed by atoms with Gasteiger partial charge in [-0.25, -0.2) is 0 Å². The Kier molecular flexibility index (Phi) is 9.46. The molecule has 38 heavy (non-hydrogen) atoms. The van der Waals surface area contributed by atoms with E-state index in [4.69, 9.17) is 0 Å². The van der Waals surface area contributed by atoms with E-state index in [9.17, 15) is 5.11 Å². The van der Waals surface area contributed by atoms with Crippen LogP contribution >= 0.6 is 0 Å². The van der Waals surface area contributed by atoms with Crippen LogP contribution in [0.25, 0.3) is 0 Å². The predicted molar refractivity (Wildman–Crippen MR) is 160 cm³/mol. The van der Waals surface area contributed by atoms with Crippen molar-refractivity contribution < 1.29 is 5.11 Å². The van der Waals surface area contributed by atoms with Gasteiger partial charge in [0.15, 0.2) is 0 Å². The zero-order valence-corrected chi connectivity index (χ0v) is 25.9. The summed E-state index contributed by atoms with van der Waals surface area (Å²) in [5.41, 5.74) is 7.66. The summed E-state index contributed by atoms with van der Waals surface area (Å²) in [7, 11) is 0. The van der Waals surface area contributed by atoms with Crippen LogP contribution in [0.3, 0.4) is 0 Å². The van der Waals surface area contributed by atoms with Crippen molar-refractivity contribution in [3.63, 3.8) is 0 Å². The van der Waals surface area contributed by atoms with E-state index in [-0.39, 0.29) is 68.6 Å². The Morgan fingerprint density at radius 3 is 0.974 bits per heavy atom. The second-order valence-corrected chi connectivity index (χ2v) is 10.8. The maximum absolute atomic E-state index is 12.2. The molecule has 0 bridgehead atoms. The molecule has 0 atom stereocenters. The first-order valence-electron chi connectivity index (χ1n) is 13.0. The summed E-state index contributed by atoms with van der Waals surface area (Å²) in [6, 6.07) is 46.5. The Labute approximate surface area is 270 Å². The third-order valence-corrected chi connectivity index (χ3v) is 7.19. The quantitative estimate of drug-likeness (QED) is 0.175. The van der Waals surface area contributed by atoms with Gasteiger partial charge in [0.1, 0.15) is 5.75 Å². The van der Waals surface area contributed by atoms with Crippen molar-refractivity contribution in [3.05, 3.63) is 172 Å². The van der Waals surface area contributed by atoms with Crippen LogP contribution in [0.1, 0.15) is 71.6 Å². The van der Waals surface area contributed by atoms with Crippen LogP contribution in [0.2, 0.25) is 0 Å². The van der Waals surface area contributed by atoms with Gasteiger partial charge < -0.3 is 5.11 Å². The largest absolute Gasteiger partial charge is 0.507 e. The molecule has 0 saturated carbocycles. The molecule has 0 unspecified atom stereocenters. The third-order valence-electron chi connectivity index (χ3n) is 7.19. The first-order chi connectivity index (χ1) is 17.9. The fourth-order valence-corrected chi connectivity index (χ4v) is 5.24. The molecule has 0 aliphatic carbocycles. The van der Waals surface area contributed by atoms with E-state index in [1.54, 1.807) is 0 Å². The average molecular weight is 522 g/mol. The molecule has 0 aliphatic heterocycles. The summed E-state index contributed by atoms with van der Waals surface area (Å²) in [4.78, 5) is 0.